The molecule has 1 heterocycles. The smallest absolute Gasteiger partial charge is 0.191 e. The predicted molar refractivity (Wildman–Crippen MR) is 94.5 cm³/mol. The van der Waals surface area contributed by atoms with Crippen LogP contribution in [0.3, 0.4) is 0 Å². The van der Waals surface area contributed by atoms with Crippen LogP contribution in [0.25, 0.3) is 0 Å². The molecule has 130 valence electrons. The molecular weight excluding hydrogens is 276 g/mol. The molecule has 0 spiro atoms. The van der Waals surface area contributed by atoms with Gasteiger partial charge in [-0.05, 0) is 65.1 Å². The van der Waals surface area contributed by atoms with E-state index in [1.54, 1.807) is 7.11 Å². The lowest BCUT2D eigenvalue weighted by Crippen LogP contribution is -2.44. The quantitative estimate of drug-likeness (QED) is 0.389. The molecule has 0 aromatic heterocycles. The summed E-state index contributed by atoms with van der Waals surface area (Å²) in [7, 11) is 1.73. The van der Waals surface area contributed by atoms with Crippen molar-refractivity contribution in [1.82, 2.24) is 15.5 Å². The van der Waals surface area contributed by atoms with Gasteiger partial charge in [-0.3, -0.25) is 4.99 Å². The molecule has 1 aliphatic rings. The second kappa shape index (κ2) is 11.7. The lowest BCUT2D eigenvalue weighted by atomic mass is 9.99. The summed E-state index contributed by atoms with van der Waals surface area (Å²) in [6.07, 6.45) is 5.13. The molecule has 1 rings (SSSR count). The molecule has 1 aliphatic heterocycles. The highest BCUT2D eigenvalue weighted by Crippen LogP contribution is 2.16. The first kappa shape index (κ1) is 19.2. The van der Waals surface area contributed by atoms with Gasteiger partial charge in [0, 0.05) is 26.2 Å². The van der Waals surface area contributed by atoms with Crippen molar-refractivity contribution in [2.75, 3.05) is 46.4 Å². The van der Waals surface area contributed by atoms with Crippen molar-refractivity contribution < 1.29 is 4.74 Å². The van der Waals surface area contributed by atoms with Gasteiger partial charge in [0.15, 0.2) is 5.96 Å². The van der Waals surface area contributed by atoms with Gasteiger partial charge in [-0.2, -0.15) is 0 Å². The maximum atomic E-state index is 5.15. The molecule has 1 saturated heterocycles. The Morgan fingerprint density at radius 3 is 2.68 bits per heavy atom. The summed E-state index contributed by atoms with van der Waals surface area (Å²) in [6.45, 7) is 12.8. The number of hydrogen-bond donors (Lipinski definition) is 2. The van der Waals surface area contributed by atoms with E-state index < -0.39 is 0 Å². The standard InChI is InChI=1S/C17H36N4O/c1-5-18-17(20-16(3)14-22-4)19-10-6-7-11-21-12-8-15(2)9-13-21/h15-16H,5-14H2,1-4H3,(H2,18,19,20). The van der Waals surface area contributed by atoms with Crippen LogP contribution in [0, 0.1) is 5.92 Å². The molecule has 0 aromatic rings. The number of unbranched alkanes of at least 4 members (excludes halogenated alkanes) is 1. The monoisotopic (exact) mass is 312 g/mol. The van der Waals surface area contributed by atoms with Crippen molar-refractivity contribution in [3.05, 3.63) is 0 Å². The number of aliphatic imine (C=N–C) groups is 1. The number of methoxy groups -OCH3 is 1. The van der Waals surface area contributed by atoms with Crippen molar-refractivity contribution in [3.63, 3.8) is 0 Å². The first-order valence-corrected chi connectivity index (χ1v) is 8.91. The molecule has 1 fully saturated rings. The molecule has 1 atom stereocenters. The van der Waals surface area contributed by atoms with Crippen LogP contribution >= 0.6 is 0 Å². The Hall–Kier alpha value is -0.810. The van der Waals surface area contributed by atoms with E-state index >= 15 is 0 Å². The summed E-state index contributed by atoms with van der Waals surface area (Å²) < 4.78 is 5.15. The Bertz CT molecular complexity index is 301. The first-order chi connectivity index (χ1) is 10.7. The Balaban J connectivity index is 2.17. The molecular formula is C17H36N4O. The number of nitrogens with zero attached hydrogens (tertiary/aromatic N) is 2. The fourth-order valence-electron chi connectivity index (χ4n) is 2.77. The summed E-state index contributed by atoms with van der Waals surface area (Å²) in [5.74, 6) is 1.82. The summed E-state index contributed by atoms with van der Waals surface area (Å²) in [4.78, 5) is 7.26. The zero-order chi connectivity index (χ0) is 16.2. The van der Waals surface area contributed by atoms with Crippen LogP contribution in [0.4, 0.5) is 0 Å². The molecule has 0 aromatic carbocycles. The highest BCUT2D eigenvalue weighted by molar-refractivity contribution is 5.80. The van der Waals surface area contributed by atoms with Crippen LogP contribution in [-0.2, 0) is 4.74 Å². The van der Waals surface area contributed by atoms with Crippen molar-refractivity contribution in [2.24, 2.45) is 10.9 Å². The number of hydrogen-bond acceptors (Lipinski definition) is 3. The van der Waals surface area contributed by atoms with Gasteiger partial charge in [0.05, 0.1) is 6.61 Å². The molecule has 0 amide bonds. The molecule has 1 unspecified atom stereocenters. The van der Waals surface area contributed by atoms with Gasteiger partial charge < -0.3 is 20.3 Å². The largest absolute Gasteiger partial charge is 0.383 e. The van der Waals surface area contributed by atoms with Crippen LogP contribution in [-0.4, -0.2) is 63.3 Å². The van der Waals surface area contributed by atoms with Gasteiger partial charge >= 0.3 is 0 Å². The van der Waals surface area contributed by atoms with Gasteiger partial charge in [0.25, 0.3) is 0 Å². The maximum Gasteiger partial charge on any atom is 0.191 e. The number of piperidine rings is 1. The minimum absolute atomic E-state index is 0.276. The Kier molecular flexibility index (Phi) is 10.2. The first-order valence-electron chi connectivity index (χ1n) is 8.91. The number of rotatable bonds is 9. The van der Waals surface area contributed by atoms with E-state index in [1.807, 2.05) is 0 Å². The van der Waals surface area contributed by atoms with Crippen molar-refractivity contribution in [1.29, 1.82) is 0 Å². The van der Waals surface area contributed by atoms with Gasteiger partial charge in [0.1, 0.15) is 0 Å². The fourth-order valence-corrected chi connectivity index (χ4v) is 2.77. The van der Waals surface area contributed by atoms with Gasteiger partial charge in [-0.25, -0.2) is 0 Å². The van der Waals surface area contributed by atoms with E-state index in [9.17, 15) is 0 Å². The molecule has 2 N–H and O–H groups in total. The normalized spacial score (nSPS) is 19.2. The van der Waals surface area contributed by atoms with E-state index in [0.29, 0.717) is 6.61 Å². The van der Waals surface area contributed by atoms with Gasteiger partial charge in [0.2, 0.25) is 0 Å². The SMILES string of the molecule is CCNC(=NCCCCN1CCC(C)CC1)NC(C)COC. The van der Waals surface area contributed by atoms with Crippen molar-refractivity contribution >= 4 is 5.96 Å². The molecule has 0 radical (unpaired) electrons. The second-order valence-electron chi connectivity index (χ2n) is 6.49. The van der Waals surface area contributed by atoms with E-state index in [1.165, 1.54) is 38.9 Å². The fraction of sp³-hybridized carbons (Fsp3) is 0.941. The van der Waals surface area contributed by atoms with Crippen LogP contribution in [0.5, 0.6) is 0 Å². The third-order valence-corrected chi connectivity index (χ3v) is 4.17. The molecule has 0 bridgehead atoms. The molecule has 22 heavy (non-hydrogen) atoms. The number of likely N-dealkylation sites (tertiary alicyclic amines) is 1. The maximum absolute atomic E-state index is 5.15. The highest BCUT2D eigenvalue weighted by Gasteiger charge is 2.14. The third-order valence-electron chi connectivity index (χ3n) is 4.17. The number of nitrogens with one attached hydrogen (secondary N) is 2. The second-order valence-corrected chi connectivity index (χ2v) is 6.49. The van der Waals surface area contributed by atoms with E-state index in [2.05, 4.69) is 41.3 Å². The van der Waals surface area contributed by atoms with Crippen LogP contribution in [0.15, 0.2) is 4.99 Å². The highest BCUT2D eigenvalue weighted by atomic mass is 16.5. The Morgan fingerprint density at radius 2 is 2.05 bits per heavy atom. The van der Waals surface area contributed by atoms with Crippen molar-refractivity contribution in [2.45, 2.75) is 52.5 Å². The average molecular weight is 313 g/mol. The lowest BCUT2D eigenvalue weighted by Gasteiger charge is -2.30. The topological polar surface area (TPSA) is 48.9 Å². The average Bonchev–Trinajstić information content (AvgIpc) is 2.49. The summed E-state index contributed by atoms with van der Waals surface area (Å²) in [5, 5.41) is 6.66. The zero-order valence-corrected chi connectivity index (χ0v) is 15.0. The minimum Gasteiger partial charge on any atom is -0.383 e. The minimum atomic E-state index is 0.276. The Morgan fingerprint density at radius 1 is 1.32 bits per heavy atom. The van der Waals surface area contributed by atoms with Crippen molar-refractivity contribution in [3.8, 4) is 0 Å². The summed E-state index contributed by atoms with van der Waals surface area (Å²) in [5.41, 5.74) is 0. The summed E-state index contributed by atoms with van der Waals surface area (Å²) >= 11 is 0. The molecule has 0 saturated carbocycles. The van der Waals surface area contributed by atoms with Crippen LogP contribution in [0.1, 0.15) is 46.5 Å². The third kappa shape index (κ3) is 8.59. The number of guanidine groups is 1. The zero-order valence-electron chi connectivity index (χ0n) is 15.0. The van der Waals surface area contributed by atoms with Crippen LogP contribution in [0.2, 0.25) is 0 Å². The van der Waals surface area contributed by atoms with E-state index in [0.717, 1.165) is 31.4 Å². The van der Waals surface area contributed by atoms with Gasteiger partial charge in [-0.1, -0.05) is 6.92 Å². The number of ether oxygens (including phenoxy) is 1. The predicted octanol–water partition coefficient (Wildman–Crippen LogP) is 2.09. The van der Waals surface area contributed by atoms with Gasteiger partial charge in [-0.15, -0.1) is 0 Å². The summed E-state index contributed by atoms with van der Waals surface area (Å²) in [6, 6.07) is 0.276. The van der Waals surface area contributed by atoms with Crippen LogP contribution < -0.4 is 10.6 Å². The van der Waals surface area contributed by atoms with E-state index in [-0.39, 0.29) is 6.04 Å². The van der Waals surface area contributed by atoms with E-state index in [4.69, 9.17) is 4.74 Å². The Labute approximate surface area is 136 Å². The lowest BCUT2D eigenvalue weighted by molar-refractivity contribution is 0.179. The molecule has 0 aliphatic carbocycles. The molecule has 5 heteroatoms. The molecule has 5 nitrogen and oxygen atoms in total.